The smallest absolute Gasteiger partial charge is 0.266 e. The second-order valence-corrected chi connectivity index (χ2v) is 6.71. The first-order chi connectivity index (χ1) is 10.7. The van der Waals surface area contributed by atoms with Gasteiger partial charge in [0.25, 0.3) is 5.91 Å². The monoisotopic (exact) mass is 312 g/mol. The Balaban J connectivity index is 1.60. The molecule has 0 bridgehead atoms. The molecule has 0 saturated heterocycles. The summed E-state index contributed by atoms with van der Waals surface area (Å²) in [7, 11) is 2.11. The number of likely N-dealkylation sites (N-methyl/N-ethyl adjacent to an activating group) is 1. The fraction of sp³-hybridized carbons (Fsp3) is 0.250. The first kappa shape index (κ1) is 13.5. The van der Waals surface area contributed by atoms with Crippen LogP contribution in [0.15, 0.2) is 36.7 Å². The van der Waals surface area contributed by atoms with Crippen molar-refractivity contribution in [2.45, 2.75) is 13.0 Å². The van der Waals surface area contributed by atoms with Gasteiger partial charge < -0.3 is 10.2 Å². The van der Waals surface area contributed by atoms with Crippen LogP contribution in [0.3, 0.4) is 0 Å². The van der Waals surface area contributed by atoms with Crippen LogP contribution in [0.25, 0.3) is 5.65 Å². The minimum Gasteiger partial charge on any atom is -0.306 e. The van der Waals surface area contributed by atoms with E-state index in [-0.39, 0.29) is 5.91 Å². The summed E-state index contributed by atoms with van der Waals surface area (Å²) in [6.07, 6.45) is 4.60. The SMILES string of the molecule is CN1CCc2cc(C(=O)Nc3cnc4ccccn34)sc2C1. The van der Waals surface area contributed by atoms with Crippen LogP contribution in [0.1, 0.15) is 20.1 Å². The lowest BCUT2D eigenvalue weighted by molar-refractivity contribution is 0.103. The Morgan fingerprint density at radius 2 is 2.32 bits per heavy atom. The fourth-order valence-electron chi connectivity index (χ4n) is 2.76. The molecular weight excluding hydrogens is 296 g/mol. The first-order valence-corrected chi connectivity index (χ1v) is 8.06. The molecule has 4 rings (SSSR count). The highest BCUT2D eigenvalue weighted by Gasteiger charge is 2.20. The zero-order valence-corrected chi connectivity index (χ0v) is 13.1. The summed E-state index contributed by atoms with van der Waals surface area (Å²) in [5, 5.41) is 2.96. The molecule has 3 aromatic heterocycles. The van der Waals surface area contributed by atoms with Gasteiger partial charge in [0.1, 0.15) is 11.5 Å². The number of nitrogens with zero attached hydrogens (tertiary/aromatic N) is 3. The lowest BCUT2D eigenvalue weighted by atomic mass is 10.1. The second kappa shape index (κ2) is 5.23. The van der Waals surface area contributed by atoms with Gasteiger partial charge in [0, 0.05) is 24.2 Å². The Labute approximate surface area is 132 Å². The Morgan fingerprint density at radius 1 is 1.41 bits per heavy atom. The summed E-state index contributed by atoms with van der Waals surface area (Å²) >= 11 is 1.59. The van der Waals surface area contributed by atoms with Crippen molar-refractivity contribution in [3.8, 4) is 0 Å². The number of rotatable bonds is 2. The van der Waals surface area contributed by atoms with Crippen molar-refractivity contribution >= 4 is 28.7 Å². The highest BCUT2D eigenvalue weighted by atomic mass is 32.1. The van der Waals surface area contributed by atoms with Gasteiger partial charge in [0.2, 0.25) is 0 Å². The Hall–Kier alpha value is -2.18. The molecule has 1 N–H and O–H groups in total. The molecule has 0 aromatic carbocycles. The number of thiophene rings is 1. The summed E-state index contributed by atoms with van der Waals surface area (Å²) in [6, 6.07) is 7.79. The van der Waals surface area contributed by atoms with E-state index in [0.717, 1.165) is 30.0 Å². The maximum absolute atomic E-state index is 12.5. The molecule has 0 radical (unpaired) electrons. The largest absolute Gasteiger partial charge is 0.306 e. The Kier molecular flexibility index (Phi) is 3.20. The number of nitrogens with one attached hydrogen (secondary N) is 1. The van der Waals surface area contributed by atoms with Crippen molar-refractivity contribution in [1.29, 1.82) is 0 Å². The molecule has 6 heteroatoms. The number of hydrogen-bond acceptors (Lipinski definition) is 4. The van der Waals surface area contributed by atoms with E-state index < -0.39 is 0 Å². The van der Waals surface area contributed by atoms with E-state index in [4.69, 9.17) is 0 Å². The fourth-order valence-corrected chi connectivity index (χ4v) is 3.95. The van der Waals surface area contributed by atoms with Crippen LogP contribution in [-0.4, -0.2) is 33.8 Å². The van der Waals surface area contributed by atoms with Gasteiger partial charge in [-0.1, -0.05) is 6.07 Å². The number of amides is 1. The van der Waals surface area contributed by atoms with Crippen LogP contribution in [0.4, 0.5) is 5.82 Å². The van der Waals surface area contributed by atoms with Crippen molar-refractivity contribution in [3.63, 3.8) is 0 Å². The van der Waals surface area contributed by atoms with Gasteiger partial charge in [0.05, 0.1) is 11.1 Å². The van der Waals surface area contributed by atoms with Crippen LogP contribution in [0.2, 0.25) is 0 Å². The predicted octanol–water partition coefficient (Wildman–Crippen LogP) is 2.64. The summed E-state index contributed by atoms with van der Waals surface area (Å²) in [5.41, 5.74) is 2.14. The molecule has 22 heavy (non-hydrogen) atoms. The predicted molar refractivity (Wildman–Crippen MR) is 87.5 cm³/mol. The molecule has 3 aromatic rings. The third kappa shape index (κ3) is 2.30. The van der Waals surface area contributed by atoms with Crippen molar-refractivity contribution in [1.82, 2.24) is 14.3 Å². The van der Waals surface area contributed by atoms with Gasteiger partial charge in [-0.15, -0.1) is 11.3 Å². The Morgan fingerprint density at radius 3 is 3.23 bits per heavy atom. The average molecular weight is 312 g/mol. The molecule has 0 aliphatic carbocycles. The van der Waals surface area contributed by atoms with Crippen LogP contribution in [0.5, 0.6) is 0 Å². The summed E-state index contributed by atoms with van der Waals surface area (Å²) in [4.78, 5) is 21.1. The summed E-state index contributed by atoms with van der Waals surface area (Å²) < 4.78 is 1.87. The molecule has 0 unspecified atom stereocenters. The number of carbonyl (C=O) groups is 1. The molecule has 0 atom stereocenters. The molecule has 4 heterocycles. The minimum absolute atomic E-state index is 0.0623. The quantitative estimate of drug-likeness (QED) is 0.791. The Bertz CT molecular complexity index is 851. The molecule has 1 amide bonds. The zero-order valence-electron chi connectivity index (χ0n) is 12.2. The number of pyridine rings is 1. The van der Waals surface area contributed by atoms with Crippen LogP contribution >= 0.6 is 11.3 Å². The van der Waals surface area contributed by atoms with E-state index >= 15 is 0 Å². The van der Waals surface area contributed by atoms with E-state index in [2.05, 4.69) is 22.2 Å². The molecule has 112 valence electrons. The highest BCUT2D eigenvalue weighted by molar-refractivity contribution is 7.14. The third-order valence-electron chi connectivity index (χ3n) is 3.96. The molecular formula is C16H16N4OS. The number of anilines is 1. The molecule has 0 fully saturated rings. The van der Waals surface area contributed by atoms with E-state index in [9.17, 15) is 4.79 Å². The summed E-state index contributed by atoms with van der Waals surface area (Å²) in [5.74, 6) is 0.636. The lowest BCUT2D eigenvalue weighted by Crippen LogP contribution is -2.24. The van der Waals surface area contributed by atoms with Gasteiger partial charge in [-0.25, -0.2) is 4.98 Å². The molecule has 0 saturated carbocycles. The molecule has 5 nitrogen and oxygen atoms in total. The number of imidazole rings is 1. The number of hydrogen-bond donors (Lipinski definition) is 1. The van der Waals surface area contributed by atoms with E-state index in [0.29, 0.717) is 5.82 Å². The minimum atomic E-state index is -0.0623. The second-order valence-electron chi connectivity index (χ2n) is 5.57. The maximum Gasteiger partial charge on any atom is 0.266 e. The first-order valence-electron chi connectivity index (χ1n) is 7.24. The molecule has 1 aliphatic rings. The van der Waals surface area contributed by atoms with E-state index in [1.165, 1.54) is 10.4 Å². The van der Waals surface area contributed by atoms with E-state index in [1.54, 1.807) is 17.5 Å². The van der Waals surface area contributed by atoms with Crippen molar-refractivity contribution < 1.29 is 4.79 Å². The van der Waals surface area contributed by atoms with Crippen LogP contribution < -0.4 is 5.32 Å². The average Bonchev–Trinajstić information content (AvgIpc) is 3.11. The van der Waals surface area contributed by atoms with Gasteiger partial charge in [-0.2, -0.15) is 0 Å². The van der Waals surface area contributed by atoms with E-state index in [1.807, 2.05) is 34.9 Å². The van der Waals surface area contributed by atoms with Crippen molar-refractivity contribution in [2.24, 2.45) is 0 Å². The van der Waals surface area contributed by atoms with Gasteiger partial charge in [-0.3, -0.25) is 9.20 Å². The van der Waals surface area contributed by atoms with Crippen LogP contribution in [0, 0.1) is 0 Å². The van der Waals surface area contributed by atoms with Crippen molar-refractivity contribution in [3.05, 3.63) is 52.0 Å². The van der Waals surface area contributed by atoms with Gasteiger partial charge in [-0.05, 0) is 37.2 Å². The van der Waals surface area contributed by atoms with Gasteiger partial charge in [0.15, 0.2) is 0 Å². The number of aromatic nitrogens is 2. The number of carbonyl (C=O) groups excluding carboxylic acids is 1. The lowest BCUT2D eigenvalue weighted by Gasteiger charge is -2.21. The number of fused-ring (bicyclic) bond motifs is 2. The maximum atomic E-state index is 12.5. The summed E-state index contributed by atoms with van der Waals surface area (Å²) in [6.45, 7) is 1.99. The molecule has 0 spiro atoms. The standard InChI is InChI=1S/C16H16N4OS/c1-19-7-5-11-8-12(22-13(11)10-19)16(21)18-15-9-17-14-4-2-3-6-20(14)15/h2-4,6,8-9H,5,7,10H2,1H3,(H,18,21). The molecule has 1 aliphatic heterocycles. The highest BCUT2D eigenvalue weighted by Crippen LogP contribution is 2.28. The topological polar surface area (TPSA) is 49.6 Å². The van der Waals surface area contributed by atoms with Crippen LogP contribution in [-0.2, 0) is 13.0 Å². The van der Waals surface area contributed by atoms with Crippen molar-refractivity contribution in [2.75, 3.05) is 18.9 Å². The van der Waals surface area contributed by atoms with Gasteiger partial charge >= 0.3 is 0 Å². The zero-order chi connectivity index (χ0) is 15.1. The normalized spacial score (nSPS) is 15.0. The third-order valence-corrected chi connectivity index (χ3v) is 5.12.